The van der Waals surface area contributed by atoms with Crippen molar-refractivity contribution < 1.29 is 4.74 Å². The number of nitrogens with one attached hydrogen (secondary N) is 1. The molecule has 6 rings (SSSR count). The summed E-state index contributed by atoms with van der Waals surface area (Å²) in [5, 5.41) is 9.20. The zero-order valence-corrected chi connectivity index (χ0v) is 22.3. The molecule has 2 aromatic heterocycles. The number of pyridine rings is 1. The number of benzene rings is 3. The minimum absolute atomic E-state index is 0.0792. The second-order valence-electron chi connectivity index (χ2n) is 9.39. The van der Waals surface area contributed by atoms with Crippen molar-refractivity contribution in [2.45, 2.75) is 19.8 Å². The molecule has 3 aromatic carbocycles. The van der Waals surface area contributed by atoms with E-state index in [0.717, 1.165) is 40.6 Å². The van der Waals surface area contributed by atoms with Gasteiger partial charge in [-0.1, -0.05) is 54.9 Å². The molecular formula is C31H26ClN5O2. The number of rotatable bonds is 5. The van der Waals surface area contributed by atoms with Crippen LogP contribution in [0.25, 0.3) is 33.8 Å². The van der Waals surface area contributed by atoms with Crippen molar-refractivity contribution in [3.8, 4) is 22.6 Å². The second-order valence-corrected chi connectivity index (χ2v) is 9.80. The van der Waals surface area contributed by atoms with Gasteiger partial charge in [0, 0.05) is 21.7 Å². The summed E-state index contributed by atoms with van der Waals surface area (Å²) >= 11 is 6.51. The number of aromatic amines is 1. The number of nitrogens with zero attached hydrogens (tertiary/aromatic N) is 4. The largest absolute Gasteiger partial charge is 0.497 e. The normalized spacial score (nSPS) is 15.9. The number of hydrogen-bond donors (Lipinski definition) is 1. The van der Waals surface area contributed by atoms with Gasteiger partial charge in [0.15, 0.2) is 5.49 Å². The van der Waals surface area contributed by atoms with Gasteiger partial charge in [0.25, 0.3) is 5.56 Å². The molecule has 1 N–H and O–H groups in total. The van der Waals surface area contributed by atoms with E-state index in [1.165, 1.54) is 0 Å². The first kappa shape index (κ1) is 24.8. The molecule has 1 aliphatic rings. The Morgan fingerprint density at radius 2 is 1.92 bits per heavy atom. The minimum Gasteiger partial charge on any atom is -0.497 e. The molecule has 1 aliphatic heterocycles. The van der Waals surface area contributed by atoms with Gasteiger partial charge in [-0.15, -0.1) is 0 Å². The maximum absolute atomic E-state index is 13.9. The Balaban J connectivity index is 1.64. The van der Waals surface area contributed by atoms with Crippen LogP contribution in [0, 0.1) is 5.92 Å². The van der Waals surface area contributed by atoms with E-state index in [1.807, 2.05) is 72.8 Å². The average molecular weight is 536 g/mol. The second kappa shape index (κ2) is 10.3. The molecule has 1 unspecified atom stereocenters. The van der Waals surface area contributed by atoms with Gasteiger partial charge in [0.2, 0.25) is 0 Å². The number of methoxy groups -OCH3 is 1. The van der Waals surface area contributed by atoms with E-state index in [2.05, 4.69) is 23.2 Å². The van der Waals surface area contributed by atoms with Gasteiger partial charge in [0.1, 0.15) is 11.6 Å². The van der Waals surface area contributed by atoms with Gasteiger partial charge in [-0.25, -0.2) is 9.98 Å². The number of hydrogen-bond acceptors (Lipinski definition) is 4. The van der Waals surface area contributed by atoms with Crippen LogP contribution in [-0.4, -0.2) is 27.7 Å². The summed E-state index contributed by atoms with van der Waals surface area (Å²) in [7, 11) is 1.64. The van der Waals surface area contributed by atoms with Crippen LogP contribution in [0.2, 0.25) is 5.02 Å². The van der Waals surface area contributed by atoms with Gasteiger partial charge >= 0.3 is 0 Å². The van der Waals surface area contributed by atoms with E-state index >= 15 is 0 Å². The Hall–Kier alpha value is -4.49. The highest BCUT2D eigenvalue weighted by atomic mass is 35.5. The molecule has 0 aliphatic carbocycles. The van der Waals surface area contributed by atoms with Gasteiger partial charge in [0.05, 0.1) is 35.6 Å². The molecular weight excluding hydrogens is 510 g/mol. The fourth-order valence-electron chi connectivity index (χ4n) is 4.97. The van der Waals surface area contributed by atoms with Gasteiger partial charge in [-0.2, -0.15) is 5.10 Å². The van der Waals surface area contributed by atoms with Crippen LogP contribution in [0.3, 0.4) is 0 Å². The fraction of sp³-hybridized carbons (Fsp3) is 0.161. The molecule has 0 saturated heterocycles. The van der Waals surface area contributed by atoms with E-state index in [0.29, 0.717) is 32.9 Å². The third-order valence-electron chi connectivity index (χ3n) is 7.09. The molecule has 0 radical (unpaired) electrons. The van der Waals surface area contributed by atoms with Gasteiger partial charge in [-0.3, -0.25) is 14.5 Å². The Labute approximate surface area is 229 Å². The van der Waals surface area contributed by atoms with Crippen molar-refractivity contribution in [1.29, 1.82) is 0 Å². The number of amidine groups is 1. The molecule has 3 heterocycles. The summed E-state index contributed by atoms with van der Waals surface area (Å²) in [5.74, 6) is 1.51. The molecule has 7 nitrogen and oxygen atoms in total. The first-order valence-corrected chi connectivity index (χ1v) is 13.2. The molecule has 5 aromatic rings. The van der Waals surface area contributed by atoms with E-state index in [4.69, 9.17) is 26.3 Å². The van der Waals surface area contributed by atoms with Crippen LogP contribution in [0.5, 0.6) is 5.75 Å². The number of aliphatic imine (C=N–C) groups is 1. The third-order valence-corrected chi connectivity index (χ3v) is 7.41. The van der Waals surface area contributed by atoms with Crippen molar-refractivity contribution in [1.82, 2.24) is 14.8 Å². The van der Waals surface area contributed by atoms with Crippen molar-refractivity contribution in [3.63, 3.8) is 0 Å². The summed E-state index contributed by atoms with van der Waals surface area (Å²) in [5.41, 5.74) is 4.25. The number of H-pyrrole nitrogens is 1. The topological polar surface area (TPSA) is 84.6 Å². The monoisotopic (exact) mass is 535 g/mol. The first-order valence-electron chi connectivity index (χ1n) is 12.8. The first-order chi connectivity index (χ1) is 19.1. The summed E-state index contributed by atoms with van der Waals surface area (Å²) in [4.78, 5) is 23.9. The SMILES string of the molecule is CCC1CC=c2c(n(-c3cccc(-c4ccccc4Cl)c3)c(=O)c3cn[nH]c23)=NC1=Nc1ccc(OC)cc1. The lowest BCUT2D eigenvalue weighted by molar-refractivity contribution is 0.415. The van der Waals surface area contributed by atoms with Crippen molar-refractivity contribution in [2.75, 3.05) is 7.11 Å². The number of ether oxygens (including phenoxy) is 1. The van der Waals surface area contributed by atoms with Crippen molar-refractivity contribution >= 4 is 40.1 Å². The Bertz CT molecular complexity index is 1900. The summed E-state index contributed by atoms with van der Waals surface area (Å²) in [6.07, 6.45) is 5.29. The summed E-state index contributed by atoms with van der Waals surface area (Å²) in [6, 6.07) is 23.0. The molecule has 0 bridgehead atoms. The molecule has 194 valence electrons. The molecule has 1 atom stereocenters. The van der Waals surface area contributed by atoms with Crippen molar-refractivity contribution in [3.05, 3.63) is 105 Å². The maximum atomic E-state index is 13.9. The lowest BCUT2D eigenvalue weighted by atomic mass is 10.0. The zero-order valence-electron chi connectivity index (χ0n) is 21.6. The quantitative estimate of drug-likeness (QED) is 0.318. The molecule has 0 spiro atoms. The number of halogens is 1. The average Bonchev–Trinajstić information content (AvgIpc) is 3.39. The lowest BCUT2D eigenvalue weighted by Crippen LogP contribution is -2.43. The fourth-order valence-corrected chi connectivity index (χ4v) is 5.22. The van der Waals surface area contributed by atoms with Crippen LogP contribution in [0.15, 0.2) is 93.8 Å². The van der Waals surface area contributed by atoms with E-state index < -0.39 is 0 Å². The third kappa shape index (κ3) is 4.55. The van der Waals surface area contributed by atoms with Crippen LogP contribution in [0.4, 0.5) is 5.69 Å². The maximum Gasteiger partial charge on any atom is 0.267 e. The predicted octanol–water partition coefficient (Wildman–Crippen LogP) is 5.60. The van der Waals surface area contributed by atoms with E-state index in [1.54, 1.807) is 17.9 Å². The molecule has 39 heavy (non-hydrogen) atoms. The molecule has 0 amide bonds. The smallest absolute Gasteiger partial charge is 0.267 e. The Kier molecular flexibility index (Phi) is 6.59. The van der Waals surface area contributed by atoms with Crippen molar-refractivity contribution in [2.24, 2.45) is 15.9 Å². The van der Waals surface area contributed by atoms with Crippen LogP contribution in [-0.2, 0) is 0 Å². The molecule has 0 saturated carbocycles. The summed E-state index contributed by atoms with van der Waals surface area (Å²) < 4.78 is 6.95. The molecule has 0 fully saturated rings. The standard InChI is InChI=1S/C31H26ClN5O2/c1-3-19-11-16-25-28-26(18-33-36-28)31(38)37(22-8-6-7-20(17-22)24-9-4-5-10-27(24)32)30(25)35-29(19)34-21-12-14-23(39-2)15-13-21/h4-10,12-19H,3,11H2,1-2H3,(H,33,36). The zero-order chi connectivity index (χ0) is 26.9. The highest BCUT2D eigenvalue weighted by Gasteiger charge is 2.20. The minimum atomic E-state index is -0.204. The Morgan fingerprint density at radius 3 is 2.69 bits per heavy atom. The van der Waals surface area contributed by atoms with Crippen LogP contribution >= 0.6 is 11.6 Å². The van der Waals surface area contributed by atoms with Gasteiger partial charge in [-0.05, 0) is 60.9 Å². The number of aromatic nitrogens is 3. The summed E-state index contributed by atoms with van der Waals surface area (Å²) in [6.45, 7) is 2.12. The van der Waals surface area contributed by atoms with Gasteiger partial charge < -0.3 is 4.74 Å². The molecule has 8 heteroatoms. The van der Waals surface area contributed by atoms with E-state index in [-0.39, 0.29) is 11.5 Å². The van der Waals surface area contributed by atoms with E-state index in [9.17, 15) is 4.79 Å². The Morgan fingerprint density at radius 1 is 1.10 bits per heavy atom. The van der Waals surface area contributed by atoms with Crippen LogP contribution < -0.4 is 21.0 Å². The predicted molar refractivity (Wildman–Crippen MR) is 156 cm³/mol. The highest BCUT2D eigenvalue weighted by Crippen LogP contribution is 2.28. The van der Waals surface area contributed by atoms with Crippen LogP contribution in [0.1, 0.15) is 19.8 Å². The number of fused-ring (bicyclic) bond motifs is 3. The lowest BCUT2D eigenvalue weighted by Gasteiger charge is -2.12. The highest BCUT2D eigenvalue weighted by molar-refractivity contribution is 6.33.